The second-order valence-electron chi connectivity index (χ2n) is 5.04. The van der Waals surface area contributed by atoms with Gasteiger partial charge in [0, 0.05) is 23.2 Å². The lowest BCUT2D eigenvalue weighted by Crippen LogP contribution is -2.22. The van der Waals surface area contributed by atoms with Gasteiger partial charge in [-0.15, -0.1) is 0 Å². The highest BCUT2D eigenvalue weighted by molar-refractivity contribution is 5.63. The van der Waals surface area contributed by atoms with E-state index >= 15 is 0 Å². The number of hydrogen-bond donors (Lipinski definition) is 2. The number of imidazole rings is 1. The van der Waals surface area contributed by atoms with Crippen LogP contribution in [0.4, 0.5) is 5.69 Å². The summed E-state index contributed by atoms with van der Waals surface area (Å²) in [6, 6.07) is 5.56. The molecule has 0 saturated carbocycles. The zero-order chi connectivity index (χ0) is 14.7. The molecule has 0 saturated heterocycles. The summed E-state index contributed by atoms with van der Waals surface area (Å²) in [5.41, 5.74) is 2.33. The fraction of sp³-hybridized carbons (Fsp3) is 0.357. The van der Waals surface area contributed by atoms with Crippen LogP contribution < -0.4 is 5.32 Å². The van der Waals surface area contributed by atoms with Gasteiger partial charge in [-0.25, -0.2) is 4.98 Å². The Morgan fingerprint density at radius 1 is 1.45 bits per heavy atom. The summed E-state index contributed by atoms with van der Waals surface area (Å²) in [6.07, 6.45) is 1.70. The maximum absolute atomic E-state index is 11.0. The molecule has 106 valence electrons. The van der Waals surface area contributed by atoms with Crippen LogP contribution in [-0.4, -0.2) is 20.9 Å². The van der Waals surface area contributed by atoms with E-state index in [-0.39, 0.29) is 10.6 Å². The Kier molecular flexibility index (Phi) is 4.14. The Balaban J connectivity index is 2.24. The Morgan fingerprint density at radius 3 is 2.85 bits per heavy atom. The van der Waals surface area contributed by atoms with E-state index in [4.69, 9.17) is 0 Å². The van der Waals surface area contributed by atoms with Crippen molar-refractivity contribution >= 4 is 5.69 Å². The van der Waals surface area contributed by atoms with E-state index in [1.807, 2.05) is 6.07 Å². The van der Waals surface area contributed by atoms with E-state index in [2.05, 4.69) is 29.1 Å². The van der Waals surface area contributed by atoms with Gasteiger partial charge < -0.3 is 10.3 Å². The molecule has 0 radical (unpaired) electrons. The van der Waals surface area contributed by atoms with Gasteiger partial charge in [-0.05, 0) is 6.92 Å². The van der Waals surface area contributed by atoms with Crippen LogP contribution >= 0.6 is 0 Å². The van der Waals surface area contributed by atoms with Crippen LogP contribution in [0.15, 0.2) is 24.4 Å². The third-order valence-corrected chi connectivity index (χ3v) is 3.02. The summed E-state index contributed by atoms with van der Waals surface area (Å²) in [6.45, 7) is 6.50. The van der Waals surface area contributed by atoms with Gasteiger partial charge in [-0.2, -0.15) is 0 Å². The van der Waals surface area contributed by atoms with Crippen molar-refractivity contribution < 1.29 is 4.92 Å². The number of nitrogens with zero attached hydrogens (tertiary/aromatic N) is 2. The van der Waals surface area contributed by atoms with Crippen molar-refractivity contribution in [3.05, 3.63) is 45.9 Å². The molecule has 0 atom stereocenters. The van der Waals surface area contributed by atoms with Gasteiger partial charge >= 0.3 is 0 Å². The quantitative estimate of drug-likeness (QED) is 0.648. The maximum Gasteiger partial charge on any atom is 0.272 e. The molecule has 2 rings (SSSR count). The zero-order valence-corrected chi connectivity index (χ0v) is 11.8. The van der Waals surface area contributed by atoms with Gasteiger partial charge in [0.25, 0.3) is 5.69 Å². The monoisotopic (exact) mass is 274 g/mol. The lowest BCUT2D eigenvalue weighted by atomic mass is 10.1. The van der Waals surface area contributed by atoms with Crippen LogP contribution in [0.2, 0.25) is 0 Å². The normalized spacial score (nSPS) is 11.0. The molecule has 1 aromatic heterocycles. The minimum absolute atomic E-state index is 0.124. The topological polar surface area (TPSA) is 83.8 Å². The summed E-state index contributed by atoms with van der Waals surface area (Å²) < 4.78 is 0. The van der Waals surface area contributed by atoms with Crippen molar-refractivity contribution in [2.75, 3.05) is 0 Å². The summed E-state index contributed by atoms with van der Waals surface area (Å²) in [4.78, 5) is 18.0. The predicted molar refractivity (Wildman–Crippen MR) is 77.4 cm³/mol. The molecule has 0 unspecified atom stereocenters. The average Bonchev–Trinajstić information content (AvgIpc) is 2.85. The Labute approximate surface area is 117 Å². The van der Waals surface area contributed by atoms with Crippen molar-refractivity contribution in [2.24, 2.45) is 0 Å². The van der Waals surface area contributed by atoms with Crippen LogP contribution in [0, 0.1) is 17.0 Å². The van der Waals surface area contributed by atoms with Crippen LogP contribution in [0.1, 0.15) is 25.2 Å². The SMILES string of the molecule is Cc1ccc(-c2cnc(CNC(C)C)[nH]2)cc1[N+](=O)[O-]. The molecule has 0 aliphatic rings. The number of aromatic nitrogens is 2. The molecule has 1 heterocycles. The second-order valence-corrected chi connectivity index (χ2v) is 5.04. The minimum Gasteiger partial charge on any atom is -0.341 e. The standard InChI is InChI=1S/C14H18N4O2/c1-9(2)15-8-14-16-7-12(17-14)11-5-4-10(3)13(6-11)18(19)20/h4-7,9,15H,8H2,1-3H3,(H,16,17). The molecular weight excluding hydrogens is 256 g/mol. The molecular formula is C14H18N4O2. The molecule has 0 bridgehead atoms. The fourth-order valence-corrected chi connectivity index (χ4v) is 1.87. The molecule has 2 N–H and O–H groups in total. The third kappa shape index (κ3) is 3.21. The predicted octanol–water partition coefficient (Wildman–Crippen LogP) is 2.79. The Bertz CT molecular complexity index is 619. The smallest absolute Gasteiger partial charge is 0.272 e. The van der Waals surface area contributed by atoms with Crippen LogP contribution in [0.5, 0.6) is 0 Å². The molecule has 0 aliphatic carbocycles. The number of nitro groups is 1. The summed E-state index contributed by atoms with van der Waals surface area (Å²) >= 11 is 0. The van der Waals surface area contributed by atoms with Gasteiger partial charge in [-0.3, -0.25) is 10.1 Å². The molecule has 6 heteroatoms. The molecule has 0 aliphatic heterocycles. The number of benzene rings is 1. The first kappa shape index (κ1) is 14.2. The van der Waals surface area contributed by atoms with Crippen LogP contribution in [0.3, 0.4) is 0 Å². The maximum atomic E-state index is 11.0. The molecule has 6 nitrogen and oxygen atoms in total. The number of rotatable bonds is 5. The van der Waals surface area contributed by atoms with Gasteiger partial charge in [0.15, 0.2) is 0 Å². The second kappa shape index (κ2) is 5.83. The first-order valence-electron chi connectivity index (χ1n) is 6.50. The lowest BCUT2D eigenvalue weighted by molar-refractivity contribution is -0.385. The number of H-pyrrole nitrogens is 1. The van der Waals surface area contributed by atoms with Crippen molar-refractivity contribution in [2.45, 2.75) is 33.4 Å². The van der Waals surface area contributed by atoms with Crippen molar-refractivity contribution in [3.8, 4) is 11.3 Å². The highest BCUT2D eigenvalue weighted by Crippen LogP contribution is 2.25. The lowest BCUT2D eigenvalue weighted by Gasteiger charge is -2.05. The highest BCUT2D eigenvalue weighted by Gasteiger charge is 2.13. The van der Waals surface area contributed by atoms with E-state index < -0.39 is 0 Å². The molecule has 20 heavy (non-hydrogen) atoms. The molecule has 1 aromatic carbocycles. The van der Waals surface area contributed by atoms with Crippen LogP contribution in [-0.2, 0) is 6.54 Å². The number of nitro benzene ring substituents is 1. The Morgan fingerprint density at radius 2 is 2.20 bits per heavy atom. The van der Waals surface area contributed by atoms with Gasteiger partial charge in [0.1, 0.15) is 5.82 Å². The largest absolute Gasteiger partial charge is 0.341 e. The van der Waals surface area contributed by atoms with E-state index in [0.717, 1.165) is 17.1 Å². The molecule has 0 fully saturated rings. The fourth-order valence-electron chi connectivity index (χ4n) is 1.87. The molecule has 0 amide bonds. The van der Waals surface area contributed by atoms with Crippen LogP contribution in [0.25, 0.3) is 11.3 Å². The van der Waals surface area contributed by atoms with Gasteiger partial charge in [0.05, 0.1) is 23.4 Å². The number of nitrogens with one attached hydrogen (secondary N) is 2. The highest BCUT2D eigenvalue weighted by atomic mass is 16.6. The summed E-state index contributed by atoms with van der Waals surface area (Å²) in [7, 11) is 0. The third-order valence-electron chi connectivity index (χ3n) is 3.02. The van der Waals surface area contributed by atoms with E-state index in [1.54, 1.807) is 25.3 Å². The molecule has 2 aromatic rings. The summed E-state index contributed by atoms with van der Waals surface area (Å²) in [5.74, 6) is 0.817. The minimum atomic E-state index is -0.365. The molecule has 0 spiro atoms. The number of aryl methyl sites for hydroxylation is 1. The van der Waals surface area contributed by atoms with Gasteiger partial charge in [-0.1, -0.05) is 26.0 Å². The number of hydrogen-bond acceptors (Lipinski definition) is 4. The van der Waals surface area contributed by atoms with Crippen molar-refractivity contribution in [1.29, 1.82) is 0 Å². The first-order valence-corrected chi connectivity index (χ1v) is 6.50. The average molecular weight is 274 g/mol. The zero-order valence-electron chi connectivity index (χ0n) is 11.8. The summed E-state index contributed by atoms with van der Waals surface area (Å²) in [5, 5.41) is 14.2. The van der Waals surface area contributed by atoms with E-state index in [1.165, 1.54) is 0 Å². The van der Waals surface area contributed by atoms with Crippen molar-refractivity contribution in [1.82, 2.24) is 15.3 Å². The number of aromatic amines is 1. The van der Waals surface area contributed by atoms with Gasteiger partial charge in [0.2, 0.25) is 0 Å². The Hall–Kier alpha value is -2.21. The first-order chi connectivity index (χ1) is 9.47. The van der Waals surface area contributed by atoms with E-state index in [0.29, 0.717) is 18.2 Å². The van der Waals surface area contributed by atoms with E-state index in [9.17, 15) is 10.1 Å². The van der Waals surface area contributed by atoms with Crippen molar-refractivity contribution in [3.63, 3.8) is 0 Å².